The van der Waals surface area contributed by atoms with Crippen molar-refractivity contribution in [2.24, 2.45) is 0 Å². The van der Waals surface area contributed by atoms with E-state index in [0.717, 1.165) is 6.42 Å². The number of rotatable bonds is 10. The highest BCUT2D eigenvalue weighted by atomic mass is 15.1. The molecule has 0 saturated heterocycles. The van der Waals surface area contributed by atoms with Gasteiger partial charge in [-0.05, 0) is 61.9 Å². The van der Waals surface area contributed by atoms with E-state index in [2.05, 4.69) is 86.5 Å². The van der Waals surface area contributed by atoms with Crippen LogP contribution < -0.4 is 4.90 Å². The second-order valence-corrected chi connectivity index (χ2v) is 8.47. The molecule has 0 atom stereocenters. The Labute approximate surface area is 178 Å². The van der Waals surface area contributed by atoms with Crippen LogP contribution in [0.15, 0.2) is 72.0 Å². The van der Waals surface area contributed by atoms with Crippen molar-refractivity contribution in [3.8, 4) is 11.1 Å². The van der Waals surface area contributed by atoms with Crippen molar-refractivity contribution in [2.75, 3.05) is 11.9 Å². The van der Waals surface area contributed by atoms with E-state index in [-0.39, 0.29) is 0 Å². The second-order valence-electron chi connectivity index (χ2n) is 8.47. The molecule has 0 aromatic heterocycles. The van der Waals surface area contributed by atoms with Gasteiger partial charge in [0.05, 0.1) is 0 Å². The van der Waals surface area contributed by atoms with Crippen molar-refractivity contribution < 1.29 is 0 Å². The van der Waals surface area contributed by atoms with E-state index in [9.17, 15) is 0 Å². The molecule has 0 radical (unpaired) electrons. The van der Waals surface area contributed by atoms with E-state index in [1.807, 2.05) is 0 Å². The number of anilines is 1. The Morgan fingerprint density at radius 3 is 1.97 bits per heavy atom. The normalized spacial score (nSPS) is 13.8. The van der Waals surface area contributed by atoms with Crippen molar-refractivity contribution in [2.45, 2.75) is 71.6 Å². The minimum absolute atomic E-state index is 1.15. The fourth-order valence-corrected chi connectivity index (χ4v) is 4.08. The maximum atomic E-state index is 2.38. The lowest BCUT2D eigenvalue weighted by atomic mass is 9.96. The standard InChI is InChI=1S/C28H37N/c1-4-5-6-7-8-9-10-24-13-19-27(20-14-24)29(3)28-21-17-26(18-22-28)25-15-11-23(2)12-16-25/h11-13,15-19,21-22H,4-10,14,20H2,1-3H3. The average molecular weight is 388 g/mol. The van der Waals surface area contributed by atoms with E-state index >= 15 is 0 Å². The summed E-state index contributed by atoms with van der Waals surface area (Å²) in [4.78, 5) is 2.34. The first kappa shape index (κ1) is 21.4. The van der Waals surface area contributed by atoms with Gasteiger partial charge in [0.2, 0.25) is 0 Å². The average Bonchev–Trinajstić information content (AvgIpc) is 2.77. The topological polar surface area (TPSA) is 3.24 Å². The highest BCUT2D eigenvalue weighted by Crippen LogP contribution is 2.29. The van der Waals surface area contributed by atoms with Crippen molar-refractivity contribution in [1.29, 1.82) is 0 Å². The molecule has 1 heteroatoms. The molecule has 29 heavy (non-hydrogen) atoms. The second kappa shape index (κ2) is 11.0. The fourth-order valence-electron chi connectivity index (χ4n) is 4.08. The molecule has 0 N–H and O–H groups in total. The maximum absolute atomic E-state index is 2.38. The summed E-state index contributed by atoms with van der Waals surface area (Å²) < 4.78 is 0. The molecule has 0 spiro atoms. The summed E-state index contributed by atoms with van der Waals surface area (Å²) >= 11 is 0. The Morgan fingerprint density at radius 2 is 1.34 bits per heavy atom. The van der Waals surface area contributed by atoms with Gasteiger partial charge in [-0.1, -0.05) is 92.6 Å². The fraction of sp³-hybridized carbons (Fsp3) is 0.429. The quantitative estimate of drug-likeness (QED) is 0.370. The Balaban J connectivity index is 1.53. The zero-order chi connectivity index (χ0) is 20.5. The molecule has 2 aromatic carbocycles. The zero-order valence-electron chi connectivity index (χ0n) is 18.6. The number of allylic oxidation sites excluding steroid dienone is 4. The van der Waals surface area contributed by atoms with Crippen LogP contribution in [-0.4, -0.2) is 7.05 Å². The maximum Gasteiger partial charge on any atom is 0.0406 e. The third-order valence-corrected chi connectivity index (χ3v) is 6.14. The van der Waals surface area contributed by atoms with Gasteiger partial charge < -0.3 is 4.90 Å². The molecule has 1 aliphatic rings. The van der Waals surface area contributed by atoms with E-state index in [4.69, 9.17) is 0 Å². The van der Waals surface area contributed by atoms with Crippen molar-refractivity contribution in [1.82, 2.24) is 0 Å². The van der Waals surface area contributed by atoms with Crippen LogP contribution in [0.2, 0.25) is 0 Å². The van der Waals surface area contributed by atoms with Gasteiger partial charge in [0.15, 0.2) is 0 Å². The molecule has 0 unspecified atom stereocenters. The van der Waals surface area contributed by atoms with Crippen LogP contribution in [0.4, 0.5) is 5.69 Å². The van der Waals surface area contributed by atoms with E-state index < -0.39 is 0 Å². The summed E-state index contributed by atoms with van der Waals surface area (Å²) in [5.41, 5.74) is 8.18. The van der Waals surface area contributed by atoms with Crippen LogP contribution in [0.1, 0.15) is 70.3 Å². The van der Waals surface area contributed by atoms with Crippen molar-refractivity contribution >= 4 is 5.69 Å². The molecular formula is C28H37N. The third kappa shape index (κ3) is 6.35. The SMILES string of the molecule is CCCCCCCCC1=CC=C(N(C)c2ccc(-c3ccc(C)cc3)cc2)CC1. The Morgan fingerprint density at radius 1 is 0.724 bits per heavy atom. The van der Waals surface area contributed by atoms with Crippen LogP contribution in [0.3, 0.4) is 0 Å². The molecule has 1 nitrogen and oxygen atoms in total. The molecule has 2 aromatic rings. The molecule has 154 valence electrons. The summed E-state index contributed by atoms with van der Waals surface area (Å²) in [6.45, 7) is 4.42. The molecule has 1 aliphatic carbocycles. The lowest BCUT2D eigenvalue weighted by Gasteiger charge is -2.26. The van der Waals surface area contributed by atoms with E-state index in [1.165, 1.54) is 79.4 Å². The number of aryl methyl sites for hydroxylation is 1. The van der Waals surface area contributed by atoms with Crippen LogP contribution in [0, 0.1) is 6.92 Å². The summed E-state index contributed by atoms with van der Waals surface area (Å²) in [5.74, 6) is 0. The number of benzene rings is 2. The molecule has 0 fully saturated rings. The van der Waals surface area contributed by atoms with Crippen molar-refractivity contribution in [3.63, 3.8) is 0 Å². The molecule has 0 bridgehead atoms. The Kier molecular flexibility index (Phi) is 8.16. The van der Waals surface area contributed by atoms with Gasteiger partial charge >= 0.3 is 0 Å². The van der Waals surface area contributed by atoms with Gasteiger partial charge in [0, 0.05) is 18.4 Å². The Hall–Kier alpha value is -2.28. The van der Waals surface area contributed by atoms with Crippen LogP contribution in [-0.2, 0) is 0 Å². The predicted molar refractivity (Wildman–Crippen MR) is 128 cm³/mol. The smallest absolute Gasteiger partial charge is 0.0406 e. The minimum atomic E-state index is 1.15. The number of nitrogens with zero attached hydrogens (tertiary/aromatic N) is 1. The van der Waals surface area contributed by atoms with Gasteiger partial charge in [0.25, 0.3) is 0 Å². The lowest BCUT2D eigenvalue weighted by Crippen LogP contribution is -2.17. The molecule has 0 amide bonds. The number of unbranched alkanes of at least 4 members (excludes halogenated alkanes) is 5. The first-order chi connectivity index (χ1) is 14.2. The molecular weight excluding hydrogens is 350 g/mol. The summed E-state index contributed by atoms with van der Waals surface area (Å²) in [7, 11) is 2.19. The number of hydrogen-bond donors (Lipinski definition) is 0. The van der Waals surface area contributed by atoms with Gasteiger partial charge in [-0.15, -0.1) is 0 Å². The summed E-state index contributed by atoms with van der Waals surface area (Å²) in [6, 6.07) is 17.7. The largest absolute Gasteiger partial charge is 0.348 e. The van der Waals surface area contributed by atoms with Crippen LogP contribution in [0.25, 0.3) is 11.1 Å². The van der Waals surface area contributed by atoms with Crippen LogP contribution >= 0.6 is 0 Å². The summed E-state index contributed by atoms with van der Waals surface area (Å²) in [5, 5.41) is 0. The van der Waals surface area contributed by atoms with Crippen LogP contribution in [0.5, 0.6) is 0 Å². The predicted octanol–water partition coefficient (Wildman–Crippen LogP) is 8.45. The van der Waals surface area contributed by atoms with E-state index in [0.29, 0.717) is 0 Å². The zero-order valence-corrected chi connectivity index (χ0v) is 18.6. The van der Waals surface area contributed by atoms with E-state index in [1.54, 1.807) is 5.57 Å². The molecule has 0 aliphatic heterocycles. The summed E-state index contributed by atoms with van der Waals surface area (Å²) in [6.07, 6.45) is 16.7. The minimum Gasteiger partial charge on any atom is -0.348 e. The van der Waals surface area contributed by atoms with Gasteiger partial charge in [0.1, 0.15) is 0 Å². The monoisotopic (exact) mass is 387 g/mol. The molecule has 3 rings (SSSR count). The molecule has 0 saturated carbocycles. The highest BCUT2D eigenvalue weighted by Gasteiger charge is 2.12. The molecule has 0 heterocycles. The highest BCUT2D eigenvalue weighted by molar-refractivity contribution is 5.67. The first-order valence-corrected chi connectivity index (χ1v) is 11.5. The van der Waals surface area contributed by atoms with Gasteiger partial charge in [-0.3, -0.25) is 0 Å². The first-order valence-electron chi connectivity index (χ1n) is 11.5. The number of hydrogen-bond acceptors (Lipinski definition) is 1. The lowest BCUT2D eigenvalue weighted by molar-refractivity contribution is 0.600. The van der Waals surface area contributed by atoms with Crippen molar-refractivity contribution in [3.05, 3.63) is 77.5 Å². The third-order valence-electron chi connectivity index (χ3n) is 6.14. The van der Waals surface area contributed by atoms with Gasteiger partial charge in [-0.25, -0.2) is 0 Å². The van der Waals surface area contributed by atoms with Gasteiger partial charge in [-0.2, -0.15) is 0 Å². The Bertz CT molecular complexity index is 808.